The Hall–Kier alpha value is -0.530. The second kappa shape index (κ2) is 13.6. The number of piperazine rings is 1. The average Bonchev–Trinajstić information content (AvgIpc) is 2.62. The van der Waals surface area contributed by atoms with Crippen LogP contribution >= 0.6 is 0 Å². The number of hydrogen-bond acceptors (Lipinski definition) is 6. The third kappa shape index (κ3) is 11.8. The first kappa shape index (κ1) is 24.5. The maximum Gasteiger partial charge on any atom is 0.138 e. The molecule has 0 amide bonds. The number of nitrogens with zero attached hydrogens (tertiary/aromatic N) is 2. The number of ketones is 1. The van der Waals surface area contributed by atoms with Gasteiger partial charge in [0.25, 0.3) is 0 Å². The molecular weight excluding hydrogens is 344 g/mol. The molecule has 0 aromatic heterocycles. The van der Waals surface area contributed by atoms with E-state index in [1.807, 2.05) is 20.8 Å². The molecule has 0 aromatic carbocycles. The summed E-state index contributed by atoms with van der Waals surface area (Å²) in [5.41, 5.74) is -0.245. The van der Waals surface area contributed by atoms with Gasteiger partial charge in [0.05, 0.1) is 33.0 Å². The minimum Gasteiger partial charge on any atom is -0.379 e. The summed E-state index contributed by atoms with van der Waals surface area (Å²) in [6.45, 7) is 19.8. The second-order valence-corrected chi connectivity index (χ2v) is 8.59. The highest BCUT2D eigenvalue weighted by atomic mass is 16.5. The fourth-order valence-corrected chi connectivity index (χ4v) is 2.95. The lowest BCUT2D eigenvalue weighted by molar-refractivity contribution is -0.126. The van der Waals surface area contributed by atoms with Crippen LogP contribution in [0.15, 0.2) is 0 Å². The zero-order chi connectivity index (χ0) is 20.1. The Morgan fingerprint density at radius 2 is 1.37 bits per heavy atom. The molecule has 0 aliphatic carbocycles. The van der Waals surface area contributed by atoms with E-state index in [0.717, 1.165) is 45.8 Å². The van der Waals surface area contributed by atoms with E-state index in [9.17, 15) is 4.79 Å². The van der Waals surface area contributed by atoms with Gasteiger partial charge in [-0.15, -0.1) is 0 Å². The van der Waals surface area contributed by atoms with E-state index in [0.29, 0.717) is 51.3 Å². The van der Waals surface area contributed by atoms with E-state index < -0.39 is 0 Å². The van der Waals surface area contributed by atoms with Crippen LogP contribution in [0.1, 0.15) is 47.5 Å². The molecule has 0 radical (unpaired) electrons. The molecule has 0 N–H and O–H groups in total. The van der Waals surface area contributed by atoms with Gasteiger partial charge in [-0.05, 0) is 20.3 Å². The van der Waals surface area contributed by atoms with Gasteiger partial charge in [-0.1, -0.05) is 20.8 Å². The summed E-state index contributed by atoms with van der Waals surface area (Å²) in [5, 5.41) is 0. The molecule has 0 bridgehead atoms. The minimum atomic E-state index is -0.245. The van der Waals surface area contributed by atoms with Crippen LogP contribution in [0.4, 0.5) is 0 Å². The van der Waals surface area contributed by atoms with Crippen molar-refractivity contribution in [3.63, 3.8) is 0 Å². The van der Waals surface area contributed by atoms with Gasteiger partial charge in [0, 0.05) is 57.2 Å². The van der Waals surface area contributed by atoms with Crippen molar-refractivity contribution in [3.05, 3.63) is 0 Å². The van der Waals surface area contributed by atoms with Gasteiger partial charge in [0.1, 0.15) is 5.78 Å². The number of Topliss-reactive ketones (excluding diaryl/α,β-unsaturated/α-hetero) is 1. The molecule has 160 valence electrons. The maximum absolute atomic E-state index is 11.8. The third-order valence-corrected chi connectivity index (χ3v) is 4.96. The van der Waals surface area contributed by atoms with Crippen molar-refractivity contribution in [3.8, 4) is 0 Å². The van der Waals surface area contributed by atoms with Crippen LogP contribution in [0.5, 0.6) is 0 Å². The first-order chi connectivity index (χ1) is 12.8. The quantitative estimate of drug-likeness (QED) is 0.428. The molecule has 6 nitrogen and oxygen atoms in total. The lowest BCUT2D eigenvalue weighted by Crippen LogP contribution is -2.49. The standard InChI is InChI=1S/C21H42N2O4/c1-19(2)23-10-8-22(9-11-23)12-14-26-16-18-27-17-15-25-13-6-7-20(24)21(3,4)5/h19H,6-18H2,1-5H3. The zero-order valence-electron chi connectivity index (χ0n) is 18.3. The largest absolute Gasteiger partial charge is 0.379 e. The van der Waals surface area contributed by atoms with Crippen LogP contribution in [0.3, 0.4) is 0 Å². The summed E-state index contributed by atoms with van der Waals surface area (Å²) in [4.78, 5) is 16.8. The summed E-state index contributed by atoms with van der Waals surface area (Å²) in [7, 11) is 0. The number of carbonyl (C=O) groups is 1. The molecule has 1 aliphatic rings. The van der Waals surface area contributed by atoms with E-state index >= 15 is 0 Å². The van der Waals surface area contributed by atoms with Crippen LogP contribution in [0, 0.1) is 5.41 Å². The highest BCUT2D eigenvalue weighted by Crippen LogP contribution is 2.17. The lowest BCUT2D eigenvalue weighted by Gasteiger charge is -2.36. The van der Waals surface area contributed by atoms with Crippen molar-refractivity contribution in [2.75, 3.05) is 72.4 Å². The van der Waals surface area contributed by atoms with E-state index in [1.165, 1.54) is 0 Å². The zero-order valence-corrected chi connectivity index (χ0v) is 18.3. The first-order valence-corrected chi connectivity index (χ1v) is 10.5. The van der Waals surface area contributed by atoms with Gasteiger partial charge in [0.15, 0.2) is 0 Å². The van der Waals surface area contributed by atoms with Crippen LogP contribution in [-0.2, 0) is 19.0 Å². The van der Waals surface area contributed by atoms with E-state index in [1.54, 1.807) is 0 Å². The number of hydrogen-bond donors (Lipinski definition) is 0. The van der Waals surface area contributed by atoms with Crippen molar-refractivity contribution >= 4 is 5.78 Å². The van der Waals surface area contributed by atoms with Crippen molar-refractivity contribution in [2.45, 2.75) is 53.5 Å². The Balaban J connectivity index is 1.81. The van der Waals surface area contributed by atoms with Gasteiger partial charge in [-0.2, -0.15) is 0 Å². The molecule has 0 aromatic rings. The fraction of sp³-hybridized carbons (Fsp3) is 0.952. The van der Waals surface area contributed by atoms with Crippen LogP contribution in [-0.4, -0.2) is 94.0 Å². The highest BCUT2D eigenvalue weighted by Gasteiger charge is 2.20. The molecule has 1 saturated heterocycles. The van der Waals surface area contributed by atoms with Gasteiger partial charge < -0.3 is 14.2 Å². The predicted molar refractivity (Wildman–Crippen MR) is 109 cm³/mol. The van der Waals surface area contributed by atoms with Gasteiger partial charge in [0.2, 0.25) is 0 Å². The summed E-state index contributed by atoms with van der Waals surface area (Å²) < 4.78 is 16.7. The fourth-order valence-electron chi connectivity index (χ4n) is 2.95. The summed E-state index contributed by atoms with van der Waals surface area (Å²) in [5.74, 6) is 0.293. The van der Waals surface area contributed by atoms with E-state index in [4.69, 9.17) is 14.2 Å². The molecule has 1 heterocycles. The molecule has 0 saturated carbocycles. The third-order valence-electron chi connectivity index (χ3n) is 4.96. The van der Waals surface area contributed by atoms with Crippen molar-refractivity contribution in [2.24, 2.45) is 5.41 Å². The number of ether oxygens (including phenoxy) is 3. The molecule has 0 unspecified atom stereocenters. The Bertz CT molecular complexity index is 388. The van der Waals surface area contributed by atoms with Crippen LogP contribution in [0.25, 0.3) is 0 Å². The van der Waals surface area contributed by atoms with Crippen LogP contribution in [0.2, 0.25) is 0 Å². The summed E-state index contributed by atoms with van der Waals surface area (Å²) >= 11 is 0. The molecule has 1 fully saturated rings. The van der Waals surface area contributed by atoms with E-state index in [2.05, 4.69) is 23.6 Å². The molecule has 0 spiro atoms. The van der Waals surface area contributed by atoms with Crippen molar-refractivity contribution in [1.29, 1.82) is 0 Å². The number of carbonyl (C=O) groups excluding carboxylic acids is 1. The molecule has 6 heteroatoms. The minimum absolute atomic E-state index is 0.245. The van der Waals surface area contributed by atoms with E-state index in [-0.39, 0.29) is 5.41 Å². The monoisotopic (exact) mass is 386 g/mol. The molecule has 1 aliphatic heterocycles. The predicted octanol–water partition coefficient (Wildman–Crippen LogP) is 2.46. The summed E-state index contributed by atoms with van der Waals surface area (Å²) in [6.07, 6.45) is 1.37. The molecule has 1 rings (SSSR count). The maximum atomic E-state index is 11.8. The topological polar surface area (TPSA) is 51.2 Å². The molecule has 0 atom stereocenters. The van der Waals surface area contributed by atoms with Crippen molar-refractivity contribution < 1.29 is 19.0 Å². The van der Waals surface area contributed by atoms with Gasteiger partial charge in [-0.25, -0.2) is 0 Å². The van der Waals surface area contributed by atoms with Crippen molar-refractivity contribution in [1.82, 2.24) is 9.80 Å². The molecule has 27 heavy (non-hydrogen) atoms. The Morgan fingerprint density at radius 1 is 0.852 bits per heavy atom. The second-order valence-electron chi connectivity index (χ2n) is 8.59. The highest BCUT2D eigenvalue weighted by molar-refractivity contribution is 5.83. The van der Waals surface area contributed by atoms with Crippen LogP contribution < -0.4 is 0 Å². The number of rotatable bonds is 14. The normalized spacial score (nSPS) is 17.0. The first-order valence-electron chi connectivity index (χ1n) is 10.5. The average molecular weight is 387 g/mol. The Kier molecular flexibility index (Phi) is 12.4. The van der Waals surface area contributed by atoms with Gasteiger partial charge in [-0.3, -0.25) is 14.6 Å². The Labute approximate surface area is 166 Å². The van der Waals surface area contributed by atoms with Gasteiger partial charge >= 0.3 is 0 Å². The molecular formula is C21H42N2O4. The summed E-state index contributed by atoms with van der Waals surface area (Å²) in [6, 6.07) is 0.649. The smallest absolute Gasteiger partial charge is 0.138 e. The Morgan fingerprint density at radius 3 is 1.89 bits per heavy atom. The SMILES string of the molecule is CC(C)N1CCN(CCOCCOCCOCCCC(=O)C(C)(C)C)CC1. The lowest BCUT2D eigenvalue weighted by atomic mass is 9.88.